The van der Waals surface area contributed by atoms with E-state index in [-0.39, 0.29) is 5.91 Å². The van der Waals surface area contributed by atoms with Crippen LogP contribution in [-0.4, -0.2) is 32.0 Å². The summed E-state index contributed by atoms with van der Waals surface area (Å²) in [6.45, 7) is 0.666. The Morgan fingerprint density at radius 1 is 1.28 bits per heavy atom. The second-order valence-electron chi connectivity index (χ2n) is 3.72. The van der Waals surface area contributed by atoms with Gasteiger partial charge in [0.1, 0.15) is 11.5 Å². The molecule has 1 aromatic rings. The topological polar surface area (TPSA) is 47.6 Å². The summed E-state index contributed by atoms with van der Waals surface area (Å²) >= 11 is 3.35. The zero-order valence-electron chi connectivity index (χ0n) is 10.7. The molecule has 0 atom stereocenters. The maximum absolute atomic E-state index is 11.9. The molecule has 1 rings (SSSR count). The number of amides is 1. The van der Waals surface area contributed by atoms with Gasteiger partial charge in [0.25, 0.3) is 5.91 Å². The van der Waals surface area contributed by atoms with Crippen LogP contribution in [0, 0.1) is 0 Å². The minimum Gasteiger partial charge on any atom is -0.497 e. The number of nitrogens with one attached hydrogen (secondary N) is 1. The van der Waals surface area contributed by atoms with E-state index in [1.54, 1.807) is 25.3 Å². The molecule has 18 heavy (non-hydrogen) atoms. The maximum atomic E-state index is 11.9. The molecule has 0 bridgehead atoms. The third kappa shape index (κ3) is 4.22. The Bertz CT molecular complexity index is 396. The lowest BCUT2D eigenvalue weighted by molar-refractivity contribution is 0.0950. The number of methoxy groups -OCH3 is 2. The van der Waals surface area contributed by atoms with Crippen molar-refractivity contribution in [3.8, 4) is 11.5 Å². The minimum atomic E-state index is -0.121. The van der Waals surface area contributed by atoms with Crippen LogP contribution in [0.15, 0.2) is 18.2 Å². The molecule has 0 radical (unpaired) electrons. The standard InChI is InChI=1S/C13H18BrNO3/c1-17-10-5-6-11(12(9-10)18-2)13(16)15-8-4-3-7-14/h5-6,9H,3-4,7-8H2,1-2H3,(H,15,16). The highest BCUT2D eigenvalue weighted by atomic mass is 79.9. The predicted octanol–water partition coefficient (Wildman–Crippen LogP) is 2.61. The average molecular weight is 316 g/mol. The molecule has 1 N–H and O–H groups in total. The molecule has 0 fully saturated rings. The van der Waals surface area contributed by atoms with E-state index in [1.165, 1.54) is 7.11 Å². The molecule has 0 aromatic heterocycles. The lowest BCUT2D eigenvalue weighted by Crippen LogP contribution is -2.25. The summed E-state index contributed by atoms with van der Waals surface area (Å²) in [6, 6.07) is 5.15. The van der Waals surface area contributed by atoms with Crippen molar-refractivity contribution in [3.63, 3.8) is 0 Å². The van der Waals surface area contributed by atoms with E-state index in [9.17, 15) is 4.79 Å². The van der Waals surface area contributed by atoms with Gasteiger partial charge in [-0.1, -0.05) is 15.9 Å². The van der Waals surface area contributed by atoms with E-state index in [0.29, 0.717) is 23.6 Å². The van der Waals surface area contributed by atoms with Crippen molar-refractivity contribution >= 4 is 21.8 Å². The highest BCUT2D eigenvalue weighted by molar-refractivity contribution is 9.09. The van der Waals surface area contributed by atoms with E-state index in [4.69, 9.17) is 9.47 Å². The molecule has 5 heteroatoms. The maximum Gasteiger partial charge on any atom is 0.255 e. The number of halogens is 1. The van der Waals surface area contributed by atoms with Gasteiger partial charge in [0, 0.05) is 17.9 Å². The number of unbranched alkanes of at least 4 members (excludes halogenated alkanes) is 1. The van der Waals surface area contributed by atoms with Crippen LogP contribution < -0.4 is 14.8 Å². The predicted molar refractivity (Wildman–Crippen MR) is 74.9 cm³/mol. The first kappa shape index (κ1) is 14.8. The zero-order valence-corrected chi connectivity index (χ0v) is 12.2. The molecule has 0 aliphatic rings. The number of rotatable bonds is 7. The summed E-state index contributed by atoms with van der Waals surface area (Å²) in [5.74, 6) is 1.07. The Morgan fingerprint density at radius 3 is 2.67 bits per heavy atom. The fourth-order valence-electron chi connectivity index (χ4n) is 1.50. The van der Waals surface area contributed by atoms with Crippen molar-refractivity contribution in [1.29, 1.82) is 0 Å². The van der Waals surface area contributed by atoms with Crippen molar-refractivity contribution in [3.05, 3.63) is 23.8 Å². The molecule has 4 nitrogen and oxygen atoms in total. The Morgan fingerprint density at radius 2 is 2.06 bits per heavy atom. The molecule has 0 saturated carbocycles. The summed E-state index contributed by atoms with van der Waals surface area (Å²) in [4.78, 5) is 11.9. The summed E-state index contributed by atoms with van der Waals surface area (Å²) < 4.78 is 10.3. The SMILES string of the molecule is COc1ccc(C(=O)NCCCCBr)c(OC)c1. The third-order valence-electron chi connectivity index (χ3n) is 2.50. The normalized spacial score (nSPS) is 9.94. The van der Waals surface area contributed by atoms with Crippen molar-refractivity contribution in [2.75, 3.05) is 26.1 Å². The number of carbonyl (C=O) groups excluding carboxylic acids is 1. The van der Waals surface area contributed by atoms with Crippen molar-refractivity contribution in [2.24, 2.45) is 0 Å². The average Bonchev–Trinajstić information content (AvgIpc) is 2.42. The number of ether oxygens (including phenoxy) is 2. The lowest BCUT2D eigenvalue weighted by atomic mass is 10.1. The van der Waals surface area contributed by atoms with Crippen LogP contribution >= 0.6 is 15.9 Å². The van der Waals surface area contributed by atoms with Crippen LogP contribution in [0.1, 0.15) is 23.2 Å². The van der Waals surface area contributed by atoms with E-state index in [0.717, 1.165) is 18.2 Å². The second kappa shape index (κ2) is 7.97. The Balaban J connectivity index is 2.66. The van der Waals surface area contributed by atoms with Gasteiger partial charge in [-0.15, -0.1) is 0 Å². The fraction of sp³-hybridized carbons (Fsp3) is 0.462. The van der Waals surface area contributed by atoms with Gasteiger partial charge < -0.3 is 14.8 Å². The van der Waals surface area contributed by atoms with Crippen molar-refractivity contribution < 1.29 is 14.3 Å². The summed E-state index contributed by atoms with van der Waals surface area (Å²) in [5.41, 5.74) is 0.525. The van der Waals surface area contributed by atoms with Gasteiger partial charge in [-0.25, -0.2) is 0 Å². The smallest absolute Gasteiger partial charge is 0.255 e. The molecular formula is C13H18BrNO3. The quantitative estimate of drug-likeness (QED) is 0.621. The second-order valence-corrected chi connectivity index (χ2v) is 4.51. The third-order valence-corrected chi connectivity index (χ3v) is 3.06. The van der Waals surface area contributed by atoms with Gasteiger partial charge in [0.2, 0.25) is 0 Å². The van der Waals surface area contributed by atoms with Crippen LogP contribution in [0.3, 0.4) is 0 Å². The van der Waals surface area contributed by atoms with E-state index in [1.807, 2.05) is 0 Å². The molecule has 0 aliphatic carbocycles. The molecule has 1 amide bonds. The fourth-order valence-corrected chi connectivity index (χ4v) is 1.90. The van der Waals surface area contributed by atoms with E-state index < -0.39 is 0 Å². The molecule has 0 unspecified atom stereocenters. The van der Waals surface area contributed by atoms with Crippen molar-refractivity contribution in [1.82, 2.24) is 5.32 Å². The first-order valence-electron chi connectivity index (χ1n) is 5.79. The molecule has 0 spiro atoms. The Hall–Kier alpha value is -1.23. The number of carbonyl (C=O) groups is 1. The number of hydrogen-bond donors (Lipinski definition) is 1. The van der Waals surface area contributed by atoms with Crippen LogP contribution in [-0.2, 0) is 0 Å². The van der Waals surface area contributed by atoms with Gasteiger partial charge in [-0.05, 0) is 25.0 Å². The van der Waals surface area contributed by atoms with Gasteiger partial charge in [-0.2, -0.15) is 0 Å². The van der Waals surface area contributed by atoms with Crippen LogP contribution in [0.4, 0.5) is 0 Å². The van der Waals surface area contributed by atoms with Crippen molar-refractivity contribution in [2.45, 2.75) is 12.8 Å². The first-order chi connectivity index (χ1) is 8.72. The van der Waals surface area contributed by atoms with Crippen LogP contribution in [0.25, 0.3) is 0 Å². The van der Waals surface area contributed by atoms with E-state index in [2.05, 4.69) is 21.2 Å². The molecule has 100 valence electrons. The largest absolute Gasteiger partial charge is 0.497 e. The van der Waals surface area contributed by atoms with Gasteiger partial charge >= 0.3 is 0 Å². The molecule has 0 aliphatic heterocycles. The summed E-state index contributed by atoms with van der Waals surface area (Å²) in [5, 5.41) is 3.82. The molecule has 0 heterocycles. The van der Waals surface area contributed by atoms with Gasteiger partial charge in [0.05, 0.1) is 19.8 Å². The lowest BCUT2D eigenvalue weighted by Gasteiger charge is -2.10. The zero-order chi connectivity index (χ0) is 13.4. The Kier molecular flexibility index (Phi) is 6.57. The first-order valence-corrected chi connectivity index (χ1v) is 6.91. The minimum absolute atomic E-state index is 0.121. The van der Waals surface area contributed by atoms with Gasteiger partial charge in [0.15, 0.2) is 0 Å². The summed E-state index contributed by atoms with van der Waals surface area (Å²) in [7, 11) is 3.12. The number of alkyl halides is 1. The molecule has 1 aromatic carbocycles. The number of benzene rings is 1. The number of hydrogen-bond acceptors (Lipinski definition) is 3. The summed E-state index contributed by atoms with van der Waals surface area (Å²) in [6.07, 6.45) is 2.00. The van der Waals surface area contributed by atoms with Crippen LogP contribution in [0.2, 0.25) is 0 Å². The molecular weight excluding hydrogens is 298 g/mol. The van der Waals surface area contributed by atoms with Gasteiger partial charge in [-0.3, -0.25) is 4.79 Å². The highest BCUT2D eigenvalue weighted by Gasteiger charge is 2.12. The highest BCUT2D eigenvalue weighted by Crippen LogP contribution is 2.24. The Labute approximate surface area is 116 Å². The molecule has 0 saturated heterocycles. The van der Waals surface area contributed by atoms with E-state index >= 15 is 0 Å². The van der Waals surface area contributed by atoms with Crippen LogP contribution in [0.5, 0.6) is 11.5 Å². The monoisotopic (exact) mass is 315 g/mol.